The van der Waals surface area contributed by atoms with Crippen molar-refractivity contribution in [2.45, 2.75) is 18.3 Å². The number of halogens is 1. The van der Waals surface area contributed by atoms with E-state index in [2.05, 4.69) is 4.98 Å². The van der Waals surface area contributed by atoms with Gasteiger partial charge in [0.2, 0.25) is 0 Å². The maximum absolute atomic E-state index is 11.0. The molecule has 0 radical (unpaired) electrons. The molecule has 1 fully saturated rings. The summed E-state index contributed by atoms with van der Waals surface area (Å²) in [7, 11) is 0. The average molecular weight is 230 g/mol. The number of aromatic amines is 1. The Morgan fingerprint density at radius 1 is 1.57 bits per heavy atom. The molecule has 0 aromatic carbocycles. The minimum absolute atomic E-state index is 0.443. The average Bonchev–Trinajstić information content (AvgIpc) is 2.90. The Morgan fingerprint density at radius 2 is 2.21 bits per heavy atom. The Bertz CT molecular complexity index is 450. The number of H-pyrrole nitrogens is 1. The third kappa shape index (κ3) is 1.35. The van der Waals surface area contributed by atoms with Crippen molar-refractivity contribution < 1.29 is 9.90 Å². The van der Waals surface area contributed by atoms with Crippen LogP contribution < -0.4 is 0 Å². The number of hydrogen-bond donors (Lipinski definition) is 2. The van der Waals surface area contributed by atoms with Gasteiger partial charge in [0.25, 0.3) is 0 Å². The van der Waals surface area contributed by atoms with Crippen molar-refractivity contribution in [2.75, 3.05) is 0 Å². The van der Waals surface area contributed by atoms with Gasteiger partial charge in [-0.2, -0.15) is 0 Å². The van der Waals surface area contributed by atoms with Crippen molar-refractivity contribution >= 4 is 29.8 Å². The van der Waals surface area contributed by atoms with E-state index in [1.54, 1.807) is 12.1 Å². The van der Waals surface area contributed by atoms with Crippen LogP contribution in [0.5, 0.6) is 0 Å². The summed E-state index contributed by atoms with van der Waals surface area (Å²) in [5, 5.41) is 9.50. The van der Waals surface area contributed by atoms with Crippen LogP contribution in [0.4, 0.5) is 0 Å². The summed E-state index contributed by atoms with van der Waals surface area (Å²) >= 11 is 10.9. The second kappa shape index (κ2) is 3.07. The smallest absolute Gasteiger partial charge is 0.315 e. The van der Waals surface area contributed by atoms with Crippen LogP contribution in [0.1, 0.15) is 18.5 Å². The molecule has 1 aromatic heterocycles. The van der Waals surface area contributed by atoms with Crippen LogP contribution in [0.25, 0.3) is 0 Å². The van der Waals surface area contributed by atoms with Gasteiger partial charge in [-0.3, -0.25) is 4.79 Å². The van der Waals surface area contributed by atoms with E-state index in [0.29, 0.717) is 28.2 Å². The van der Waals surface area contributed by atoms with Crippen LogP contribution in [0, 0.1) is 4.64 Å². The first-order valence-corrected chi connectivity index (χ1v) is 4.97. The van der Waals surface area contributed by atoms with Crippen LogP contribution in [0.15, 0.2) is 12.1 Å². The lowest BCUT2D eigenvalue weighted by Gasteiger charge is -2.11. The Hall–Kier alpha value is -0.870. The van der Waals surface area contributed by atoms with Crippen molar-refractivity contribution in [1.82, 2.24) is 4.98 Å². The zero-order valence-corrected chi connectivity index (χ0v) is 8.78. The van der Waals surface area contributed by atoms with Gasteiger partial charge in [-0.05, 0) is 25.0 Å². The number of carboxylic acids is 1. The van der Waals surface area contributed by atoms with Gasteiger partial charge in [0, 0.05) is 0 Å². The Balaban J connectivity index is 2.56. The minimum atomic E-state index is -0.837. The van der Waals surface area contributed by atoms with E-state index >= 15 is 0 Å². The number of aromatic nitrogens is 1. The fourth-order valence-corrected chi connectivity index (χ4v) is 1.96. The summed E-state index contributed by atoms with van der Waals surface area (Å²) in [5.41, 5.74) is -0.273. The van der Waals surface area contributed by atoms with Crippen LogP contribution in [-0.2, 0) is 10.2 Å². The van der Waals surface area contributed by atoms with E-state index in [-0.39, 0.29) is 0 Å². The van der Waals surface area contributed by atoms with E-state index in [1.807, 2.05) is 0 Å². The van der Waals surface area contributed by atoms with Crippen LogP contribution in [0.3, 0.4) is 0 Å². The summed E-state index contributed by atoms with van der Waals surface area (Å²) in [6.45, 7) is 0. The molecule has 2 N–H and O–H groups in total. The number of carbonyl (C=O) groups is 1. The fourth-order valence-electron chi connectivity index (χ4n) is 1.50. The topological polar surface area (TPSA) is 53.1 Å². The molecule has 0 bridgehead atoms. The van der Waals surface area contributed by atoms with E-state index < -0.39 is 11.4 Å². The van der Waals surface area contributed by atoms with E-state index in [0.717, 1.165) is 0 Å². The van der Waals surface area contributed by atoms with E-state index in [1.165, 1.54) is 0 Å². The van der Waals surface area contributed by atoms with Gasteiger partial charge >= 0.3 is 5.97 Å². The highest BCUT2D eigenvalue weighted by molar-refractivity contribution is 7.71. The van der Waals surface area contributed by atoms with Gasteiger partial charge in [0.05, 0.1) is 10.7 Å². The summed E-state index contributed by atoms with van der Waals surface area (Å²) in [4.78, 5) is 13.9. The molecule has 1 aromatic rings. The fraction of sp³-hybridized carbons (Fsp3) is 0.333. The van der Waals surface area contributed by atoms with Crippen molar-refractivity contribution in [2.24, 2.45) is 0 Å². The molecule has 0 unspecified atom stereocenters. The van der Waals surface area contributed by atoms with Crippen LogP contribution in [0.2, 0.25) is 5.02 Å². The first-order valence-electron chi connectivity index (χ1n) is 4.19. The van der Waals surface area contributed by atoms with Gasteiger partial charge in [-0.15, -0.1) is 0 Å². The van der Waals surface area contributed by atoms with Crippen LogP contribution in [-0.4, -0.2) is 16.1 Å². The lowest BCUT2D eigenvalue weighted by atomic mass is 10.0. The van der Waals surface area contributed by atoms with Crippen molar-refractivity contribution in [1.29, 1.82) is 0 Å². The highest BCUT2D eigenvalue weighted by atomic mass is 35.5. The van der Waals surface area contributed by atoms with Crippen molar-refractivity contribution in [3.8, 4) is 0 Å². The molecular weight excluding hydrogens is 222 g/mol. The summed E-state index contributed by atoms with van der Waals surface area (Å²) in [6, 6.07) is 3.29. The number of carboxylic acid groups (broad SMARTS) is 1. The molecule has 1 saturated carbocycles. The first-order chi connectivity index (χ1) is 6.56. The highest BCUT2D eigenvalue weighted by Crippen LogP contribution is 2.49. The molecule has 0 saturated heterocycles. The van der Waals surface area contributed by atoms with Crippen molar-refractivity contribution in [3.63, 3.8) is 0 Å². The summed E-state index contributed by atoms with van der Waals surface area (Å²) in [6.07, 6.45) is 1.24. The number of pyridine rings is 1. The summed E-state index contributed by atoms with van der Waals surface area (Å²) in [5.74, 6) is -0.837. The number of aliphatic carboxylic acids is 1. The third-order valence-electron chi connectivity index (χ3n) is 2.51. The molecule has 0 aliphatic heterocycles. The predicted molar refractivity (Wildman–Crippen MR) is 55.2 cm³/mol. The molecule has 3 nitrogen and oxygen atoms in total. The molecule has 5 heteroatoms. The number of hydrogen-bond acceptors (Lipinski definition) is 2. The second-order valence-corrected chi connectivity index (χ2v) is 4.28. The minimum Gasteiger partial charge on any atom is -0.481 e. The van der Waals surface area contributed by atoms with Gasteiger partial charge < -0.3 is 10.1 Å². The lowest BCUT2D eigenvalue weighted by molar-refractivity contribution is -0.140. The maximum Gasteiger partial charge on any atom is 0.315 e. The first kappa shape index (κ1) is 9.68. The molecule has 1 heterocycles. The Kier molecular flexibility index (Phi) is 2.12. The number of nitrogens with one attached hydrogen (secondary N) is 1. The largest absolute Gasteiger partial charge is 0.481 e. The SMILES string of the molecule is O=C(O)C1(c2[nH]c(=S)ccc2Cl)CC1. The quantitative estimate of drug-likeness (QED) is 0.767. The van der Waals surface area contributed by atoms with Gasteiger partial charge in [0.15, 0.2) is 0 Å². The van der Waals surface area contributed by atoms with Crippen molar-refractivity contribution in [3.05, 3.63) is 27.5 Å². The molecule has 0 atom stereocenters. The number of rotatable bonds is 2. The van der Waals surface area contributed by atoms with Gasteiger partial charge in [-0.25, -0.2) is 0 Å². The Morgan fingerprint density at radius 3 is 2.71 bits per heavy atom. The lowest BCUT2D eigenvalue weighted by Crippen LogP contribution is -2.21. The highest BCUT2D eigenvalue weighted by Gasteiger charge is 2.53. The van der Waals surface area contributed by atoms with Crippen LogP contribution >= 0.6 is 23.8 Å². The normalized spacial score (nSPS) is 17.8. The molecule has 74 valence electrons. The molecule has 1 aliphatic carbocycles. The zero-order chi connectivity index (χ0) is 10.3. The summed E-state index contributed by atoms with van der Waals surface area (Å²) < 4.78 is 0.511. The predicted octanol–water partition coefficient (Wildman–Crippen LogP) is 2.51. The Labute approximate surface area is 90.7 Å². The molecule has 1 aliphatic rings. The van der Waals surface area contributed by atoms with E-state index in [9.17, 15) is 4.79 Å². The zero-order valence-electron chi connectivity index (χ0n) is 7.21. The molecule has 2 rings (SSSR count). The third-order valence-corrected chi connectivity index (χ3v) is 3.06. The molecular formula is C9H8ClNO2S. The molecule has 0 amide bonds. The van der Waals surface area contributed by atoms with Gasteiger partial charge in [-0.1, -0.05) is 23.8 Å². The monoisotopic (exact) mass is 229 g/mol. The molecule has 0 spiro atoms. The van der Waals surface area contributed by atoms with E-state index in [4.69, 9.17) is 28.9 Å². The maximum atomic E-state index is 11.0. The standard InChI is InChI=1S/C9H8ClNO2S/c10-5-1-2-6(14)11-7(5)9(3-4-9)8(12)13/h1-2H,3-4H2,(H,11,14)(H,12,13). The molecule has 14 heavy (non-hydrogen) atoms. The van der Waals surface area contributed by atoms with Gasteiger partial charge in [0.1, 0.15) is 10.1 Å². The second-order valence-electron chi connectivity index (χ2n) is 3.43.